The molecule has 5 rings (SSSR count). The normalized spacial score (nSPS) is 14.8. The second-order valence-corrected chi connectivity index (χ2v) is 9.09. The highest BCUT2D eigenvalue weighted by Gasteiger charge is 2.31. The van der Waals surface area contributed by atoms with Crippen molar-refractivity contribution in [2.75, 3.05) is 27.3 Å². The minimum Gasteiger partial charge on any atom is -0.497 e. The van der Waals surface area contributed by atoms with Gasteiger partial charge >= 0.3 is 0 Å². The standard InChI is InChI=1S/C30H30N4O3/c1-36-25-10-6-9-24(19-25)26-20-32-29(23-11-15-31-16-12-23)33-27(26)21-13-17-34(18-14-21)30(35)28(37-2)22-7-4-3-5-8-22/h3-12,15-16,19-21,28H,13-14,17-18H2,1-2H3. The molecule has 1 saturated heterocycles. The summed E-state index contributed by atoms with van der Waals surface area (Å²) in [5, 5.41) is 0. The van der Waals surface area contributed by atoms with Crippen LogP contribution in [0.5, 0.6) is 5.75 Å². The third-order valence-electron chi connectivity index (χ3n) is 6.89. The van der Waals surface area contributed by atoms with Gasteiger partial charge in [0.25, 0.3) is 5.91 Å². The summed E-state index contributed by atoms with van der Waals surface area (Å²) in [5.74, 6) is 1.64. The van der Waals surface area contributed by atoms with Gasteiger partial charge < -0.3 is 14.4 Å². The van der Waals surface area contributed by atoms with Crippen molar-refractivity contribution in [3.63, 3.8) is 0 Å². The molecule has 1 fully saturated rings. The molecule has 188 valence electrons. The molecule has 3 heterocycles. The quantitative estimate of drug-likeness (QED) is 0.347. The van der Waals surface area contributed by atoms with E-state index in [1.807, 2.05) is 71.8 Å². The number of piperidine rings is 1. The third-order valence-corrected chi connectivity index (χ3v) is 6.89. The van der Waals surface area contributed by atoms with Crippen LogP contribution in [0.4, 0.5) is 0 Å². The fraction of sp³-hybridized carbons (Fsp3) is 0.267. The molecule has 0 bridgehead atoms. The Bertz CT molecular complexity index is 1340. The molecule has 1 atom stereocenters. The first-order valence-electron chi connectivity index (χ1n) is 12.5. The van der Waals surface area contributed by atoms with Crippen LogP contribution in [-0.4, -0.2) is 53.1 Å². The van der Waals surface area contributed by atoms with E-state index in [1.54, 1.807) is 26.6 Å². The van der Waals surface area contributed by atoms with Crippen molar-refractivity contribution in [1.82, 2.24) is 19.9 Å². The molecule has 7 heteroatoms. The summed E-state index contributed by atoms with van der Waals surface area (Å²) in [6.07, 6.45) is 6.42. The average molecular weight is 495 g/mol. The summed E-state index contributed by atoms with van der Waals surface area (Å²) in [5.41, 5.74) is 4.79. The topological polar surface area (TPSA) is 77.4 Å². The van der Waals surface area contributed by atoms with Crippen molar-refractivity contribution in [1.29, 1.82) is 0 Å². The van der Waals surface area contributed by atoms with Crippen LogP contribution in [0.25, 0.3) is 22.5 Å². The van der Waals surface area contributed by atoms with E-state index in [4.69, 9.17) is 14.5 Å². The van der Waals surface area contributed by atoms with Crippen LogP contribution in [0.2, 0.25) is 0 Å². The second-order valence-electron chi connectivity index (χ2n) is 9.09. The lowest BCUT2D eigenvalue weighted by atomic mass is 9.88. The molecule has 0 N–H and O–H groups in total. The summed E-state index contributed by atoms with van der Waals surface area (Å²) in [6, 6.07) is 21.5. The Morgan fingerprint density at radius 1 is 0.946 bits per heavy atom. The average Bonchev–Trinajstić information content (AvgIpc) is 2.98. The summed E-state index contributed by atoms with van der Waals surface area (Å²) < 4.78 is 11.1. The number of amides is 1. The zero-order valence-corrected chi connectivity index (χ0v) is 21.1. The number of likely N-dealkylation sites (tertiary alicyclic amines) is 1. The van der Waals surface area contributed by atoms with Gasteiger partial charge in [0.2, 0.25) is 0 Å². The smallest absolute Gasteiger partial charge is 0.256 e. The molecule has 1 unspecified atom stereocenters. The zero-order chi connectivity index (χ0) is 25.6. The van der Waals surface area contributed by atoms with Gasteiger partial charge in [-0.1, -0.05) is 42.5 Å². The van der Waals surface area contributed by atoms with Gasteiger partial charge in [0.1, 0.15) is 5.75 Å². The third kappa shape index (κ3) is 5.37. The molecular formula is C30H30N4O3. The SMILES string of the molecule is COc1cccc(-c2cnc(-c3ccncc3)nc2C2CCN(C(=O)C(OC)c3ccccc3)CC2)c1. The highest BCUT2D eigenvalue weighted by atomic mass is 16.5. The molecule has 4 aromatic rings. The number of pyridine rings is 1. The lowest BCUT2D eigenvalue weighted by molar-refractivity contribution is -0.143. The molecule has 0 aliphatic carbocycles. The minimum atomic E-state index is -0.595. The summed E-state index contributed by atoms with van der Waals surface area (Å²) in [4.78, 5) is 29.1. The van der Waals surface area contributed by atoms with E-state index in [-0.39, 0.29) is 11.8 Å². The largest absolute Gasteiger partial charge is 0.497 e. The van der Waals surface area contributed by atoms with Crippen molar-refractivity contribution < 1.29 is 14.3 Å². The zero-order valence-electron chi connectivity index (χ0n) is 21.1. The van der Waals surface area contributed by atoms with Gasteiger partial charge in [0, 0.05) is 55.8 Å². The van der Waals surface area contributed by atoms with Gasteiger partial charge in [-0.15, -0.1) is 0 Å². The molecule has 1 amide bonds. The Morgan fingerprint density at radius 3 is 2.41 bits per heavy atom. The molecule has 7 nitrogen and oxygen atoms in total. The first kappa shape index (κ1) is 24.6. The summed E-state index contributed by atoms with van der Waals surface area (Å²) in [6.45, 7) is 1.28. The predicted octanol–water partition coefficient (Wildman–Crippen LogP) is 5.31. The number of carbonyl (C=O) groups excluding carboxylic acids is 1. The molecule has 37 heavy (non-hydrogen) atoms. The molecule has 2 aromatic heterocycles. The number of rotatable bonds is 7. The Hall–Kier alpha value is -4.10. The molecule has 2 aromatic carbocycles. The highest BCUT2D eigenvalue weighted by molar-refractivity contribution is 5.82. The highest BCUT2D eigenvalue weighted by Crippen LogP contribution is 2.36. The van der Waals surface area contributed by atoms with Crippen LogP contribution in [0.15, 0.2) is 85.3 Å². The van der Waals surface area contributed by atoms with Crippen molar-refractivity contribution >= 4 is 5.91 Å². The molecule has 0 radical (unpaired) electrons. The Morgan fingerprint density at radius 2 is 1.70 bits per heavy atom. The lowest BCUT2D eigenvalue weighted by Crippen LogP contribution is -2.41. The monoisotopic (exact) mass is 494 g/mol. The number of nitrogens with zero attached hydrogens (tertiary/aromatic N) is 4. The summed E-state index contributed by atoms with van der Waals surface area (Å²) >= 11 is 0. The Kier molecular flexibility index (Phi) is 7.51. The van der Waals surface area contributed by atoms with Crippen LogP contribution in [-0.2, 0) is 9.53 Å². The van der Waals surface area contributed by atoms with E-state index in [9.17, 15) is 4.79 Å². The van der Waals surface area contributed by atoms with Gasteiger partial charge in [0.15, 0.2) is 11.9 Å². The van der Waals surface area contributed by atoms with Gasteiger partial charge in [-0.05, 0) is 48.2 Å². The van der Waals surface area contributed by atoms with E-state index in [1.165, 1.54) is 0 Å². The number of hydrogen-bond donors (Lipinski definition) is 0. The number of hydrogen-bond acceptors (Lipinski definition) is 6. The number of ether oxygens (including phenoxy) is 2. The van der Waals surface area contributed by atoms with Crippen LogP contribution in [0.3, 0.4) is 0 Å². The van der Waals surface area contributed by atoms with E-state index in [0.29, 0.717) is 18.9 Å². The fourth-order valence-corrected chi connectivity index (χ4v) is 4.91. The Balaban J connectivity index is 1.42. The van der Waals surface area contributed by atoms with Gasteiger partial charge in [-0.2, -0.15) is 0 Å². The first-order chi connectivity index (χ1) is 18.2. The van der Waals surface area contributed by atoms with Gasteiger partial charge in [-0.3, -0.25) is 9.78 Å². The molecule has 1 aliphatic heterocycles. The van der Waals surface area contributed by atoms with Crippen molar-refractivity contribution in [2.24, 2.45) is 0 Å². The van der Waals surface area contributed by atoms with Crippen LogP contribution < -0.4 is 4.74 Å². The molecular weight excluding hydrogens is 464 g/mol. The van der Waals surface area contributed by atoms with Gasteiger partial charge in [-0.25, -0.2) is 9.97 Å². The lowest BCUT2D eigenvalue weighted by Gasteiger charge is -2.34. The predicted molar refractivity (Wildman–Crippen MR) is 142 cm³/mol. The number of benzene rings is 2. The van der Waals surface area contributed by atoms with Crippen molar-refractivity contribution in [3.05, 3.63) is 96.6 Å². The fourth-order valence-electron chi connectivity index (χ4n) is 4.91. The second kappa shape index (κ2) is 11.3. The van der Waals surface area contributed by atoms with Crippen LogP contribution in [0, 0.1) is 0 Å². The molecule has 1 aliphatic rings. The van der Waals surface area contributed by atoms with Crippen LogP contribution in [0.1, 0.15) is 36.1 Å². The number of aromatic nitrogens is 3. The molecule has 0 spiro atoms. The number of methoxy groups -OCH3 is 2. The summed E-state index contributed by atoms with van der Waals surface area (Å²) in [7, 11) is 3.25. The number of carbonyl (C=O) groups is 1. The minimum absolute atomic E-state index is 0.000307. The maximum atomic E-state index is 13.3. The maximum absolute atomic E-state index is 13.3. The van der Waals surface area contributed by atoms with Crippen LogP contribution >= 0.6 is 0 Å². The Labute approximate surface area is 217 Å². The van der Waals surface area contributed by atoms with E-state index in [0.717, 1.165) is 46.5 Å². The van der Waals surface area contributed by atoms with Gasteiger partial charge in [0.05, 0.1) is 12.8 Å². The first-order valence-corrected chi connectivity index (χ1v) is 12.5. The van der Waals surface area contributed by atoms with E-state index >= 15 is 0 Å². The van der Waals surface area contributed by atoms with E-state index < -0.39 is 6.10 Å². The van der Waals surface area contributed by atoms with E-state index in [2.05, 4.69) is 16.0 Å². The van der Waals surface area contributed by atoms with Crippen molar-refractivity contribution in [3.8, 4) is 28.3 Å². The van der Waals surface area contributed by atoms with Crippen molar-refractivity contribution in [2.45, 2.75) is 24.9 Å². The molecule has 0 saturated carbocycles. The maximum Gasteiger partial charge on any atom is 0.256 e.